The monoisotopic (exact) mass is 343 g/mol. The molecule has 0 bridgehead atoms. The van der Waals surface area contributed by atoms with Crippen LogP contribution >= 0.6 is 15.9 Å². The first kappa shape index (κ1) is 14.7. The highest BCUT2D eigenvalue weighted by molar-refractivity contribution is 9.10. The number of carbonyl (C=O) groups is 3. The zero-order chi connectivity index (χ0) is 14.5. The molecule has 0 atom stereocenters. The van der Waals surface area contributed by atoms with E-state index in [-0.39, 0.29) is 29.9 Å². The summed E-state index contributed by atoms with van der Waals surface area (Å²) in [5.41, 5.74) is 0. The summed E-state index contributed by atoms with van der Waals surface area (Å²) in [6, 6.07) is 1.46. The molecule has 7 nitrogen and oxygen atoms in total. The van der Waals surface area contributed by atoms with E-state index in [1.807, 2.05) is 0 Å². The van der Waals surface area contributed by atoms with Gasteiger partial charge in [0.1, 0.15) is 4.60 Å². The van der Waals surface area contributed by atoms with Gasteiger partial charge in [-0.15, -0.1) is 0 Å². The zero-order valence-corrected chi connectivity index (χ0v) is 12.3. The van der Waals surface area contributed by atoms with Crippen molar-refractivity contribution < 1.29 is 18.9 Å². The molecule has 1 aromatic rings. The summed E-state index contributed by atoms with van der Waals surface area (Å²) in [4.78, 5) is 36.0. The standard InChI is InChI=1S/C12H14BrN3O4/c13-9-7-8(20-15-9)12(19)14-5-1-3-10(17)16-6-2-4-11(16)18/h7H,1-6H2,(H,14,19). The lowest BCUT2D eigenvalue weighted by molar-refractivity contribution is -0.141. The van der Waals surface area contributed by atoms with Crippen molar-refractivity contribution in [3.8, 4) is 0 Å². The molecule has 0 aromatic carbocycles. The summed E-state index contributed by atoms with van der Waals surface area (Å²) in [6.07, 6.45) is 1.90. The van der Waals surface area contributed by atoms with Crippen molar-refractivity contribution in [2.24, 2.45) is 0 Å². The van der Waals surface area contributed by atoms with Crippen LogP contribution in [0.1, 0.15) is 36.2 Å². The van der Waals surface area contributed by atoms with Crippen molar-refractivity contribution in [3.05, 3.63) is 16.4 Å². The highest BCUT2D eigenvalue weighted by Gasteiger charge is 2.25. The molecule has 20 heavy (non-hydrogen) atoms. The van der Waals surface area contributed by atoms with Crippen LogP contribution in [0, 0.1) is 0 Å². The summed E-state index contributed by atoms with van der Waals surface area (Å²) >= 11 is 3.08. The molecule has 108 valence electrons. The number of carbonyl (C=O) groups excluding carboxylic acids is 3. The molecule has 2 rings (SSSR count). The summed E-state index contributed by atoms with van der Waals surface area (Å²) < 4.78 is 5.22. The van der Waals surface area contributed by atoms with Crippen molar-refractivity contribution in [2.75, 3.05) is 13.1 Å². The van der Waals surface area contributed by atoms with Crippen molar-refractivity contribution in [1.82, 2.24) is 15.4 Å². The van der Waals surface area contributed by atoms with Crippen molar-refractivity contribution >= 4 is 33.7 Å². The first-order valence-corrected chi connectivity index (χ1v) is 7.11. The number of amides is 3. The zero-order valence-electron chi connectivity index (χ0n) is 10.7. The molecule has 1 aliphatic rings. The Hall–Kier alpha value is -1.70. The normalized spacial score (nSPS) is 14.7. The second-order valence-electron chi connectivity index (χ2n) is 4.42. The number of nitrogens with zero attached hydrogens (tertiary/aromatic N) is 2. The molecule has 3 amide bonds. The van der Waals surface area contributed by atoms with Crippen LogP contribution in [0.5, 0.6) is 0 Å². The average molecular weight is 344 g/mol. The number of rotatable bonds is 5. The van der Waals surface area contributed by atoms with Crippen LogP contribution in [-0.4, -0.2) is 40.9 Å². The maximum Gasteiger partial charge on any atom is 0.289 e. The van der Waals surface area contributed by atoms with E-state index < -0.39 is 0 Å². The predicted molar refractivity (Wildman–Crippen MR) is 71.7 cm³/mol. The molecule has 1 aromatic heterocycles. The molecule has 0 aliphatic carbocycles. The van der Waals surface area contributed by atoms with Crippen LogP contribution in [0.2, 0.25) is 0 Å². The van der Waals surface area contributed by atoms with Crippen LogP contribution in [0.3, 0.4) is 0 Å². The SMILES string of the molecule is O=C(NCCCC(=O)N1CCCC1=O)c1cc(Br)no1. The lowest BCUT2D eigenvalue weighted by atomic mass is 10.2. The number of nitrogens with one attached hydrogen (secondary N) is 1. The predicted octanol–water partition coefficient (Wildman–Crippen LogP) is 1.10. The van der Waals surface area contributed by atoms with Crippen LogP contribution in [0.4, 0.5) is 0 Å². The minimum absolute atomic E-state index is 0.106. The van der Waals surface area contributed by atoms with E-state index in [2.05, 4.69) is 26.4 Å². The van der Waals surface area contributed by atoms with E-state index in [4.69, 9.17) is 4.52 Å². The highest BCUT2D eigenvalue weighted by atomic mass is 79.9. The second-order valence-corrected chi connectivity index (χ2v) is 5.23. The van der Waals surface area contributed by atoms with E-state index in [0.717, 1.165) is 6.42 Å². The molecule has 0 saturated carbocycles. The second kappa shape index (κ2) is 6.65. The molecular weight excluding hydrogens is 330 g/mol. The summed E-state index contributed by atoms with van der Waals surface area (Å²) in [6.45, 7) is 0.848. The van der Waals surface area contributed by atoms with Gasteiger partial charge in [0.25, 0.3) is 5.91 Å². The van der Waals surface area contributed by atoms with Gasteiger partial charge in [-0.2, -0.15) is 0 Å². The van der Waals surface area contributed by atoms with Gasteiger partial charge >= 0.3 is 0 Å². The molecule has 1 fully saturated rings. The molecule has 0 radical (unpaired) electrons. The quantitative estimate of drug-likeness (QED) is 0.808. The number of imide groups is 1. The maximum absolute atomic E-state index is 11.7. The smallest absolute Gasteiger partial charge is 0.289 e. The first-order valence-electron chi connectivity index (χ1n) is 6.31. The maximum atomic E-state index is 11.7. The van der Waals surface area contributed by atoms with Gasteiger partial charge in [0, 0.05) is 32.0 Å². The number of hydrogen-bond donors (Lipinski definition) is 1. The van der Waals surface area contributed by atoms with Gasteiger partial charge in [0.2, 0.25) is 17.6 Å². The third-order valence-corrected chi connectivity index (χ3v) is 3.31. The van der Waals surface area contributed by atoms with Gasteiger partial charge in [0.05, 0.1) is 0 Å². The van der Waals surface area contributed by atoms with Crippen molar-refractivity contribution in [3.63, 3.8) is 0 Å². The third kappa shape index (κ3) is 3.66. The van der Waals surface area contributed by atoms with Crippen LogP contribution in [0.15, 0.2) is 15.2 Å². The molecule has 1 aliphatic heterocycles. The number of likely N-dealkylation sites (tertiary alicyclic amines) is 1. The van der Waals surface area contributed by atoms with Gasteiger partial charge in [-0.1, -0.05) is 5.16 Å². The minimum atomic E-state index is -0.382. The lowest BCUT2D eigenvalue weighted by Crippen LogP contribution is -2.32. The molecule has 0 spiro atoms. The fourth-order valence-electron chi connectivity index (χ4n) is 1.94. The highest BCUT2D eigenvalue weighted by Crippen LogP contribution is 2.12. The summed E-state index contributed by atoms with van der Waals surface area (Å²) in [5.74, 6) is -0.555. The Morgan fingerprint density at radius 1 is 1.50 bits per heavy atom. The topological polar surface area (TPSA) is 92.5 Å². The minimum Gasteiger partial charge on any atom is -0.350 e. The molecule has 1 N–H and O–H groups in total. The molecular formula is C12H14BrN3O4. The first-order chi connectivity index (χ1) is 9.58. The summed E-state index contributed by atoms with van der Waals surface area (Å²) in [5, 5.41) is 6.16. The Morgan fingerprint density at radius 2 is 2.30 bits per heavy atom. The van der Waals surface area contributed by atoms with E-state index in [9.17, 15) is 14.4 Å². The Labute approximate surface area is 123 Å². The van der Waals surface area contributed by atoms with Crippen LogP contribution in [0.25, 0.3) is 0 Å². The van der Waals surface area contributed by atoms with E-state index in [0.29, 0.717) is 30.5 Å². The van der Waals surface area contributed by atoms with Crippen molar-refractivity contribution in [1.29, 1.82) is 0 Å². The van der Waals surface area contributed by atoms with Gasteiger partial charge in [-0.3, -0.25) is 19.3 Å². The van der Waals surface area contributed by atoms with Crippen LogP contribution < -0.4 is 5.32 Å². The van der Waals surface area contributed by atoms with Gasteiger partial charge in [-0.25, -0.2) is 0 Å². The largest absolute Gasteiger partial charge is 0.350 e. The van der Waals surface area contributed by atoms with Crippen LogP contribution in [-0.2, 0) is 9.59 Å². The number of halogens is 1. The average Bonchev–Trinajstić information content (AvgIpc) is 3.03. The summed E-state index contributed by atoms with van der Waals surface area (Å²) in [7, 11) is 0. The Morgan fingerprint density at radius 3 is 2.90 bits per heavy atom. The molecule has 1 saturated heterocycles. The Bertz CT molecular complexity index is 529. The molecule has 8 heteroatoms. The Kier molecular flexibility index (Phi) is 4.89. The van der Waals surface area contributed by atoms with Gasteiger partial charge < -0.3 is 9.84 Å². The number of aromatic nitrogens is 1. The fraction of sp³-hybridized carbons (Fsp3) is 0.500. The fourth-order valence-corrected chi connectivity index (χ4v) is 2.22. The van der Waals surface area contributed by atoms with E-state index in [1.54, 1.807) is 0 Å². The van der Waals surface area contributed by atoms with Crippen molar-refractivity contribution in [2.45, 2.75) is 25.7 Å². The van der Waals surface area contributed by atoms with Gasteiger partial charge in [-0.05, 0) is 28.8 Å². The Balaban J connectivity index is 1.67. The lowest BCUT2D eigenvalue weighted by Gasteiger charge is -2.13. The van der Waals surface area contributed by atoms with E-state index in [1.165, 1.54) is 11.0 Å². The van der Waals surface area contributed by atoms with E-state index >= 15 is 0 Å². The third-order valence-electron chi connectivity index (χ3n) is 2.93. The number of hydrogen-bond acceptors (Lipinski definition) is 5. The molecule has 2 heterocycles. The molecule has 0 unspecified atom stereocenters. The van der Waals surface area contributed by atoms with Gasteiger partial charge in [0.15, 0.2) is 0 Å².